The number of rotatable bonds is 2. The zero-order valence-corrected chi connectivity index (χ0v) is 11.4. The fourth-order valence-electron chi connectivity index (χ4n) is 2.68. The van der Waals surface area contributed by atoms with E-state index in [1.54, 1.807) is 0 Å². The Morgan fingerprint density at radius 2 is 1.84 bits per heavy atom. The van der Waals surface area contributed by atoms with Crippen LogP contribution in [0, 0.1) is 6.92 Å². The van der Waals surface area contributed by atoms with E-state index in [1.165, 1.54) is 22.4 Å². The number of anilines is 1. The summed E-state index contributed by atoms with van der Waals surface area (Å²) in [5.41, 5.74) is 5.56. The van der Waals surface area contributed by atoms with E-state index in [0.717, 1.165) is 26.2 Å². The maximum absolute atomic E-state index is 3.49. The maximum Gasteiger partial charge on any atom is 0.0432 e. The summed E-state index contributed by atoms with van der Waals surface area (Å²) in [6, 6.07) is 17.4. The number of hydrogen-bond acceptors (Lipinski definition) is 2. The van der Waals surface area contributed by atoms with Crippen LogP contribution in [0.4, 0.5) is 5.69 Å². The van der Waals surface area contributed by atoms with Gasteiger partial charge in [0.15, 0.2) is 0 Å². The van der Waals surface area contributed by atoms with Gasteiger partial charge in [-0.15, -0.1) is 0 Å². The van der Waals surface area contributed by atoms with Crippen LogP contribution in [0.2, 0.25) is 0 Å². The standard InChI is InChI=1S/C17H20N2/c1-14-6-2-3-8-16(14)13-19-11-10-18-12-15-7-4-5-9-17(15)19/h2-9,18H,10-13H2,1H3. The average molecular weight is 252 g/mol. The van der Waals surface area contributed by atoms with Crippen molar-refractivity contribution in [2.45, 2.75) is 20.0 Å². The molecule has 1 heterocycles. The predicted molar refractivity (Wildman–Crippen MR) is 80.4 cm³/mol. The Bertz CT molecular complexity index is 563. The van der Waals surface area contributed by atoms with E-state index < -0.39 is 0 Å². The lowest BCUT2D eigenvalue weighted by Crippen LogP contribution is -2.28. The molecule has 0 amide bonds. The molecule has 0 atom stereocenters. The zero-order valence-electron chi connectivity index (χ0n) is 11.4. The Labute approximate surface area is 115 Å². The first kappa shape index (κ1) is 12.2. The van der Waals surface area contributed by atoms with Crippen molar-refractivity contribution in [2.24, 2.45) is 0 Å². The third kappa shape index (κ3) is 2.64. The number of nitrogens with zero attached hydrogens (tertiary/aromatic N) is 1. The third-order valence-corrected chi connectivity index (χ3v) is 3.83. The zero-order chi connectivity index (χ0) is 13.1. The summed E-state index contributed by atoms with van der Waals surface area (Å²) in [4.78, 5) is 2.48. The van der Waals surface area contributed by atoms with Gasteiger partial charge in [0.05, 0.1) is 0 Å². The average Bonchev–Trinajstić information content (AvgIpc) is 2.64. The molecule has 1 aliphatic heterocycles. The molecule has 2 aromatic carbocycles. The van der Waals surface area contributed by atoms with E-state index in [1.807, 2.05) is 0 Å². The summed E-state index contributed by atoms with van der Waals surface area (Å²) in [5.74, 6) is 0. The molecule has 0 bridgehead atoms. The van der Waals surface area contributed by atoms with E-state index in [0.29, 0.717) is 0 Å². The Hall–Kier alpha value is -1.80. The molecule has 0 unspecified atom stereocenters. The number of fused-ring (bicyclic) bond motifs is 1. The van der Waals surface area contributed by atoms with Gasteiger partial charge in [0.2, 0.25) is 0 Å². The largest absolute Gasteiger partial charge is 0.366 e. The molecule has 0 aliphatic carbocycles. The summed E-state index contributed by atoms with van der Waals surface area (Å²) in [6.45, 7) is 6.26. The van der Waals surface area contributed by atoms with E-state index in [-0.39, 0.29) is 0 Å². The molecule has 3 rings (SSSR count). The Morgan fingerprint density at radius 3 is 2.74 bits per heavy atom. The Morgan fingerprint density at radius 1 is 1.05 bits per heavy atom. The highest BCUT2D eigenvalue weighted by molar-refractivity contribution is 5.55. The van der Waals surface area contributed by atoms with Crippen LogP contribution in [0.1, 0.15) is 16.7 Å². The second kappa shape index (κ2) is 5.45. The van der Waals surface area contributed by atoms with Crippen LogP contribution in [0.15, 0.2) is 48.5 Å². The Balaban J connectivity index is 1.91. The first-order valence-corrected chi connectivity index (χ1v) is 6.92. The number of aryl methyl sites for hydroxylation is 1. The summed E-state index contributed by atoms with van der Waals surface area (Å²) >= 11 is 0. The number of benzene rings is 2. The second-order valence-corrected chi connectivity index (χ2v) is 5.15. The van der Waals surface area contributed by atoms with Crippen LogP contribution in [-0.2, 0) is 13.1 Å². The van der Waals surface area contributed by atoms with Crippen molar-refractivity contribution in [1.29, 1.82) is 0 Å². The van der Waals surface area contributed by atoms with Gasteiger partial charge >= 0.3 is 0 Å². The molecule has 2 heteroatoms. The maximum atomic E-state index is 3.49. The molecule has 0 saturated heterocycles. The van der Waals surface area contributed by atoms with Crippen molar-refractivity contribution in [2.75, 3.05) is 18.0 Å². The van der Waals surface area contributed by atoms with E-state index in [4.69, 9.17) is 0 Å². The molecule has 0 aromatic heterocycles. The van der Waals surface area contributed by atoms with Gasteiger partial charge in [-0.05, 0) is 29.7 Å². The molecule has 19 heavy (non-hydrogen) atoms. The van der Waals surface area contributed by atoms with Gasteiger partial charge in [0, 0.05) is 31.9 Å². The fraction of sp³-hybridized carbons (Fsp3) is 0.294. The van der Waals surface area contributed by atoms with Gasteiger partial charge < -0.3 is 10.2 Å². The highest BCUT2D eigenvalue weighted by Gasteiger charge is 2.14. The van der Waals surface area contributed by atoms with Crippen molar-refractivity contribution in [3.8, 4) is 0 Å². The molecule has 0 fully saturated rings. The second-order valence-electron chi connectivity index (χ2n) is 5.15. The van der Waals surface area contributed by atoms with Gasteiger partial charge in [-0.25, -0.2) is 0 Å². The summed E-state index contributed by atoms with van der Waals surface area (Å²) in [6.07, 6.45) is 0. The summed E-state index contributed by atoms with van der Waals surface area (Å²) < 4.78 is 0. The lowest BCUT2D eigenvalue weighted by Gasteiger charge is -2.25. The minimum absolute atomic E-state index is 0.973. The van der Waals surface area contributed by atoms with Crippen molar-refractivity contribution >= 4 is 5.69 Å². The molecule has 1 N–H and O–H groups in total. The first-order chi connectivity index (χ1) is 9.34. The van der Waals surface area contributed by atoms with Crippen molar-refractivity contribution in [3.05, 3.63) is 65.2 Å². The van der Waals surface area contributed by atoms with Gasteiger partial charge in [-0.1, -0.05) is 42.5 Å². The Kier molecular flexibility index (Phi) is 3.51. The highest BCUT2D eigenvalue weighted by atomic mass is 15.2. The topological polar surface area (TPSA) is 15.3 Å². The van der Waals surface area contributed by atoms with Crippen LogP contribution >= 0.6 is 0 Å². The summed E-state index contributed by atoms with van der Waals surface area (Å²) in [5, 5.41) is 3.49. The van der Waals surface area contributed by atoms with Crippen LogP contribution in [0.3, 0.4) is 0 Å². The minimum atomic E-state index is 0.973. The van der Waals surface area contributed by atoms with Crippen LogP contribution < -0.4 is 10.2 Å². The fourth-order valence-corrected chi connectivity index (χ4v) is 2.68. The van der Waals surface area contributed by atoms with Crippen LogP contribution in [-0.4, -0.2) is 13.1 Å². The van der Waals surface area contributed by atoms with E-state index >= 15 is 0 Å². The van der Waals surface area contributed by atoms with Crippen molar-refractivity contribution < 1.29 is 0 Å². The normalized spacial score (nSPS) is 14.9. The van der Waals surface area contributed by atoms with Crippen molar-refractivity contribution in [3.63, 3.8) is 0 Å². The molecule has 98 valence electrons. The molecule has 2 nitrogen and oxygen atoms in total. The molecule has 2 aromatic rings. The van der Waals surface area contributed by atoms with Gasteiger partial charge in [0.25, 0.3) is 0 Å². The smallest absolute Gasteiger partial charge is 0.0432 e. The van der Waals surface area contributed by atoms with Gasteiger partial charge in [-0.3, -0.25) is 0 Å². The molecular weight excluding hydrogens is 232 g/mol. The van der Waals surface area contributed by atoms with Gasteiger partial charge in [-0.2, -0.15) is 0 Å². The molecule has 0 saturated carbocycles. The van der Waals surface area contributed by atoms with Crippen LogP contribution in [0.25, 0.3) is 0 Å². The number of hydrogen-bond donors (Lipinski definition) is 1. The molecule has 0 spiro atoms. The minimum Gasteiger partial charge on any atom is -0.366 e. The predicted octanol–water partition coefficient (Wildman–Crippen LogP) is 3.10. The van der Waals surface area contributed by atoms with Gasteiger partial charge in [0.1, 0.15) is 0 Å². The monoisotopic (exact) mass is 252 g/mol. The third-order valence-electron chi connectivity index (χ3n) is 3.83. The van der Waals surface area contributed by atoms with E-state index in [2.05, 4.69) is 65.7 Å². The lowest BCUT2D eigenvalue weighted by molar-refractivity contribution is 0.688. The SMILES string of the molecule is Cc1ccccc1CN1CCNCc2ccccc21. The molecular formula is C17H20N2. The highest BCUT2D eigenvalue weighted by Crippen LogP contribution is 2.24. The number of para-hydroxylation sites is 1. The lowest BCUT2D eigenvalue weighted by atomic mass is 10.1. The van der Waals surface area contributed by atoms with E-state index in [9.17, 15) is 0 Å². The first-order valence-electron chi connectivity index (χ1n) is 6.92. The number of nitrogens with one attached hydrogen (secondary N) is 1. The quantitative estimate of drug-likeness (QED) is 0.883. The van der Waals surface area contributed by atoms with Crippen molar-refractivity contribution in [1.82, 2.24) is 5.32 Å². The molecule has 1 aliphatic rings. The summed E-state index contributed by atoms with van der Waals surface area (Å²) in [7, 11) is 0. The molecule has 0 radical (unpaired) electrons. The van der Waals surface area contributed by atoms with Crippen LogP contribution in [0.5, 0.6) is 0 Å².